The van der Waals surface area contributed by atoms with Gasteiger partial charge in [0.2, 0.25) is 5.91 Å². The number of anilines is 1. The molecule has 2 rings (SSSR count). The van der Waals surface area contributed by atoms with E-state index in [1.54, 1.807) is 4.90 Å². The van der Waals surface area contributed by atoms with Crippen LogP contribution >= 0.6 is 0 Å². The number of piperazine rings is 1. The van der Waals surface area contributed by atoms with Gasteiger partial charge in [-0.25, -0.2) is 4.39 Å². The monoisotopic (exact) mass is 279 g/mol. The second kappa shape index (κ2) is 6.00. The van der Waals surface area contributed by atoms with Crippen molar-refractivity contribution in [3.05, 3.63) is 29.6 Å². The molecule has 0 aromatic heterocycles. The van der Waals surface area contributed by atoms with E-state index >= 15 is 0 Å². The fourth-order valence-corrected chi connectivity index (χ4v) is 2.24. The second-order valence-electron chi connectivity index (χ2n) is 4.98. The molecule has 0 saturated carbocycles. The smallest absolute Gasteiger partial charge is 0.254 e. The third-order valence-corrected chi connectivity index (χ3v) is 3.18. The van der Waals surface area contributed by atoms with Crippen molar-refractivity contribution in [2.24, 2.45) is 0 Å². The average molecular weight is 279 g/mol. The van der Waals surface area contributed by atoms with Crippen molar-refractivity contribution < 1.29 is 14.0 Å². The van der Waals surface area contributed by atoms with E-state index in [0.29, 0.717) is 18.7 Å². The Bertz CT molecular complexity index is 533. The molecule has 0 aliphatic carbocycles. The quantitative estimate of drug-likeness (QED) is 0.855. The van der Waals surface area contributed by atoms with Gasteiger partial charge in [-0.05, 0) is 25.1 Å². The third kappa shape index (κ3) is 3.33. The first-order valence-corrected chi connectivity index (χ1v) is 6.57. The predicted octanol–water partition coefficient (Wildman–Crippen LogP) is 1.22. The van der Waals surface area contributed by atoms with Crippen LogP contribution in [0.25, 0.3) is 0 Å². The molecule has 1 aromatic carbocycles. The van der Waals surface area contributed by atoms with Crippen LogP contribution in [0.2, 0.25) is 0 Å². The van der Waals surface area contributed by atoms with Gasteiger partial charge in [-0.2, -0.15) is 0 Å². The van der Waals surface area contributed by atoms with E-state index in [1.807, 2.05) is 6.92 Å². The Labute approximate surface area is 117 Å². The second-order valence-corrected chi connectivity index (χ2v) is 4.98. The molecule has 1 unspecified atom stereocenters. The predicted molar refractivity (Wildman–Crippen MR) is 74.1 cm³/mol. The van der Waals surface area contributed by atoms with Crippen molar-refractivity contribution in [2.45, 2.75) is 19.9 Å². The number of halogens is 1. The molecule has 0 radical (unpaired) electrons. The normalized spacial score (nSPS) is 18.8. The summed E-state index contributed by atoms with van der Waals surface area (Å²) in [5.74, 6) is -1.07. The van der Waals surface area contributed by atoms with Gasteiger partial charge in [-0.15, -0.1) is 0 Å². The Kier molecular flexibility index (Phi) is 4.34. The first-order chi connectivity index (χ1) is 9.47. The summed E-state index contributed by atoms with van der Waals surface area (Å²) >= 11 is 0. The van der Waals surface area contributed by atoms with E-state index in [4.69, 9.17) is 0 Å². The lowest BCUT2D eigenvalue weighted by Gasteiger charge is -2.32. The molecule has 1 saturated heterocycles. The Morgan fingerprint density at radius 2 is 2.20 bits per heavy atom. The van der Waals surface area contributed by atoms with Gasteiger partial charge in [-0.3, -0.25) is 9.59 Å². The summed E-state index contributed by atoms with van der Waals surface area (Å²) in [5.41, 5.74) is 0.413. The zero-order valence-corrected chi connectivity index (χ0v) is 11.6. The largest absolute Gasteiger partial charge is 0.336 e. The van der Waals surface area contributed by atoms with Crippen molar-refractivity contribution in [2.75, 3.05) is 25.0 Å². The molecule has 5 nitrogen and oxygen atoms in total. The lowest BCUT2D eigenvalue weighted by atomic mass is 10.1. The van der Waals surface area contributed by atoms with E-state index < -0.39 is 5.82 Å². The highest BCUT2D eigenvalue weighted by Crippen LogP contribution is 2.18. The van der Waals surface area contributed by atoms with Crippen LogP contribution < -0.4 is 10.6 Å². The van der Waals surface area contributed by atoms with Gasteiger partial charge in [0, 0.05) is 38.2 Å². The number of hydrogen-bond acceptors (Lipinski definition) is 3. The van der Waals surface area contributed by atoms with Crippen molar-refractivity contribution in [3.63, 3.8) is 0 Å². The summed E-state index contributed by atoms with van der Waals surface area (Å²) in [4.78, 5) is 25.1. The van der Waals surface area contributed by atoms with Crippen molar-refractivity contribution in [3.8, 4) is 0 Å². The summed E-state index contributed by atoms with van der Waals surface area (Å²) in [6, 6.07) is 4.26. The van der Waals surface area contributed by atoms with Crippen molar-refractivity contribution in [1.82, 2.24) is 10.2 Å². The van der Waals surface area contributed by atoms with Gasteiger partial charge < -0.3 is 15.5 Å². The maximum atomic E-state index is 13.5. The number of carbonyl (C=O) groups excluding carboxylic acids is 2. The van der Waals surface area contributed by atoms with E-state index in [-0.39, 0.29) is 23.5 Å². The van der Waals surface area contributed by atoms with E-state index in [2.05, 4.69) is 10.6 Å². The minimum atomic E-state index is -0.551. The molecule has 1 fully saturated rings. The molecule has 1 aliphatic heterocycles. The molecule has 2 N–H and O–H groups in total. The van der Waals surface area contributed by atoms with Gasteiger partial charge in [0.15, 0.2) is 0 Å². The minimum Gasteiger partial charge on any atom is -0.336 e. The number of amides is 2. The van der Waals surface area contributed by atoms with Gasteiger partial charge >= 0.3 is 0 Å². The zero-order valence-electron chi connectivity index (χ0n) is 11.6. The van der Waals surface area contributed by atoms with E-state index in [9.17, 15) is 14.0 Å². The molecule has 1 aliphatic rings. The van der Waals surface area contributed by atoms with Crippen LogP contribution in [0.15, 0.2) is 18.2 Å². The number of nitrogens with one attached hydrogen (secondary N) is 2. The fraction of sp³-hybridized carbons (Fsp3) is 0.429. The summed E-state index contributed by atoms with van der Waals surface area (Å²) in [6.07, 6.45) is 0. The lowest BCUT2D eigenvalue weighted by molar-refractivity contribution is -0.114. The molecule has 20 heavy (non-hydrogen) atoms. The number of hydrogen-bond donors (Lipinski definition) is 2. The number of nitrogens with zero attached hydrogens (tertiary/aromatic N) is 1. The van der Waals surface area contributed by atoms with Crippen LogP contribution in [0.5, 0.6) is 0 Å². The van der Waals surface area contributed by atoms with Gasteiger partial charge in [0.05, 0.1) is 5.69 Å². The van der Waals surface area contributed by atoms with Crippen LogP contribution in [-0.4, -0.2) is 42.4 Å². The molecule has 1 heterocycles. The summed E-state index contributed by atoms with van der Waals surface area (Å²) in [6.45, 7) is 5.28. The van der Waals surface area contributed by atoms with Gasteiger partial charge in [0.1, 0.15) is 5.82 Å². The lowest BCUT2D eigenvalue weighted by Crippen LogP contribution is -2.51. The Morgan fingerprint density at radius 1 is 1.45 bits per heavy atom. The molecular formula is C14H18FN3O2. The Morgan fingerprint density at radius 3 is 2.85 bits per heavy atom. The first-order valence-electron chi connectivity index (χ1n) is 6.57. The molecule has 1 atom stereocenters. The van der Waals surface area contributed by atoms with E-state index in [1.165, 1.54) is 25.1 Å². The highest BCUT2D eigenvalue weighted by molar-refractivity contribution is 5.97. The molecule has 0 bridgehead atoms. The maximum absolute atomic E-state index is 13.5. The molecule has 1 aromatic rings. The number of benzene rings is 1. The molecule has 108 valence electrons. The van der Waals surface area contributed by atoms with Crippen molar-refractivity contribution in [1.29, 1.82) is 0 Å². The molecule has 0 spiro atoms. The fourth-order valence-electron chi connectivity index (χ4n) is 2.24. The number of rotatable bonds is 2. The minimum absolute atomic E-state index is 0.0338. The SMILES string of the molecule is CC(=O)Nc1cc(C(=O)N2CCNC(C)C2)ccc1F. The average Bonchev–Trinajstić information content (AvgIpc) is 2.40. The van der Waals surface area contributed by atoms with Crippen LogP contribution in [0.4, 0.5) is 10.1 Å². The standard InChI is InChI=1S/C14H18FN3O2/c1-9-8-18(6-5-16-9)14(20)11-3-4-12(15)13(7-11)17-10(2)19/h3-4,7,9,16H,5-6,8H2,1-2H3,(H,17,19). The summed E-state index contributed by atoms with van der Waals surface area (Å²) in [5, 5.41) is 5.64. The highest BCUT2D eigenvalue weighted by atomic mass is 19.1. The zero-order chi connectivity index (χ0) is 14.7. The van der Waals surface area contributed by atoms with Crippen molar-refractivity contribution >= 4 is 17.5 Å². The maximum Gasteiger partial charge on any atom is 0.254 e. The number of carbonyl (C=O) groups is 2. The van der Waals surface area contributed by atoms with Gasteiger partial charge in [0.25, 0.3) is 5.91 Å². The highest BCUT2D eigenvalue weighted by Gasteiger charge is 2.22. The Balaban J connectivity index is 2.19. The van der Waals surface area contributed by atoms with Crippen LogP contribution in [0.1, 0.15) is 24.2 Å². The third-order valence-electron chi connectivity index (χ3n) is 3.18. The molecule has 6 heteroatoms. The molecule has 2 amide bonds. The molecular weight excluding hydrogens is 261 g/mol. The summed E-state index contributed by atoms with van der Waals surface area (Å²) < 4.78 is 13.5. The summed E-state index contributed by atoms with van der Waals surface area (Å²) in [7, 11) is 0. The first kappa shape index (κ1) is 14.5. The van der Waals surface area contributed by atoms with Crippen LogP contribution in [0, 0.1) is 5.82 Å². The van der Waals surface area contributed by atoms with E-state index in [0.717, 1.165) is 6.54 Å². The topological polar surface area (TPSA) is 61.4 Å². The van der Waals surface area contributed by atoms with Gasteiger partial charge in [-0.1, -0.05) is 0 Å². The Hall–Kier alpha value is -1.95. The van der Waals surface area contributed by atoms with Crippen LogP contribution in [0.3, 0.4) is 0 Å². The van der Waals surface area contributed by atoms with Crippen LogP contribution in [-0.2, 0) is 4.79 Å².